The highest BCUT2D eigenvalue weighted by molar-refractivity contribution is 5.25. The molecule has 0 radical (unpaired) electrons. The Hall–Kier alpha value is -0.260. The van der Waals surface area contributed by atoms with E-state index in [4.69, 9.17) is 0 Å². The van der Waals surface area contributed by atoms with E-state index in [0.717, 1.165) is 29.6 Å². The second-order valence-electron chi connectivity index (χ2n) is 8.92. The molecule has 0 nitrogen and oxygen atoms in total. The zero-order chi connectivity index (χ0) is 13.9. The van der Waals surface area contributed by atoms with E-state index in [1.54, 1.807) is 18.4 Å². The zero-order valence-corrected chi connectivity index (χ0v) is 13.8. The molecular weight excluding hydrogens is 240 g/mol. The third-order valence-corrected chi connectivity index (χ3v) is 8.08. The molecule has 0 aliphatic heterocycles. The Kier molecular flexibility index (Phi) is 3.09. The van der Waals surface area contributed by atoms with Crippen molar-refractivity contribution in [3.05, 3.63) is 11.1 Å². The van der Waals surface area contributed by atoms with Crippen molar-refractivity contribution >= 4 is 0 Å². The lowest BCUT2D eigenvalue weighted by Crippen LogP contribution is -2.49. The monoisotopic (exact) mass is 272 g/mol. The van der Waals surface area contributed by atoms with E-state index >= 15 is 0 Å². The number of fused-ring (bicyclic) bond motifs is 5. The van der Waals surface area contributed by atoms with Crippen molar-refractivity contribution in [2.45, 2.75) is 78.6 Å². The van der Waals surface area contributed by atoms with Crippen molar-refractivity contribution in [2.24, 2.45) is 35.0 Å². The predicted octanol–water partition coefficient (Wildman–Crippen LogP) is 5.98. The van der Waals surface area contributed by atoms with Crippen LogP contribution in [0.15, 0.2) is 11.1 Å². The summed E-state index contributed by atoms with van der Waals surface area (Å²) >= 11 is 0. The van der Waals surface area contributed by atoms with Gasteiger partial charge in [0.05, 0.1) is 0 Å². The first kappa shape index (κ1) is 13.4. The lowest BCUT2D eigenvalue weighted by molar-refractivity contribution is -0.0720. The molecule has 0 aromatic heterocycles. The highest BCUT2D eigenvalue weighted by atomic mass is 14.6. The molecule has 0 heterocycles. The molecule has 0 aromatic rings. The van der Waals surface area contributed by atoms with Crippen molar-refractivity contribution < 1.29 is 0 Å². The average Bonchev–Trinajstić information content (AvgIpc) is 2.82. The summed E-state index contributed by atoms with van der Waals surface area (Å²) in [6, 6.07) is 0. The van der Waals surface area contributed by atoms with Crippen molar-refractivity contribution in [1.82, 2.24) is 0 Å². The van der Waals surface area contributed by atoms with Gasteiger partial charge >= 0.3 is 0 Å². The van der Waals surface area contributed by atoms with Crippen LogP contribution in [0.25, 0.3) is 0 Å². The molecule has 0 bridgehead atoms. The van der Waals surface area contributed by atoms with E-state index < -0.39 is 0 Å². The van der Waals surface area contributed by atoms with Crippen LogP contribution in [-0.4, -0.2) is 0 Å². The lowest BCUT2D eigenvalue weighted by atomic mass is 9.47. The Morgan fingerprint density at radius 3 is 2.70 bits per heavy atom. The Labute approximate surface area is 125 Å². The molecular formula is C20H32. The van der Waals surface area contributed by atoms with Gasteiger partial charge in [0.2, 0.25) is 0 Å². The summed E-state index contributed by atoms with van der Waals surface area (Å²) in [4.78, 5) is 0. The smallest absolute Gasteiger partial charge is 0.0166 e. The van der Waals surface area contributed by atoms with Crippen LogP contribution in [0, 0.1) is 35.0 Å². The minimum atomic E-state index is 0.706. The van der Waals surface area contributed by atoms with E-state index in [9.17, 15) is 0 Å². The average molecular weight is 272 g/mol. The van der Waals surface area contributed by atoms with E-state index in [-0.39, 0.29) is 0 Å². The molecule has 3 fully saturated rings. The largest absolute Gasteiger partial charge is 0.0738 e. The fourth-order valence-corrected chi connectivity index (χ4v) is 6.88. The molecule has 20 heavy (non-hydrogen) atoms. The van der Waals surface area contributed by atoms with Crippen LogP contribution in [0.4, 0.5) is 0 Å². The second kappa shape index (κ2) is 4.62. The Balaban J connectivity index is 1.63. The van der Waals surface area contributed by atoms with Gasteiger partial charge < -0.3 is 0 Å². The first-order valence-electron chi connectivity index (χ1n) is 9.28. The van der Waals surface area contributed by atoms with Gasteiger partial charge in [-0.2, -0.15) is 0 Å². The quantitative estimate of drug-likeness (QED) is 0.476. The zero-order valence-electron chi connectivity index (χ0n) is 13.8. The SMILES string of the molecule is CC1=C2CC[C@@H]3[C@H](CC[C@@H]4C[C@@H](C)CC[C@]43C)[C@H]2CC1. The van der Waals surface area contributed by atoms with Crippen LogP contribution in [0.1, 0.15) is 78.6 Å². The van der Waals surface area contributed by atoms with Crippen LogP contribution in [0.5, 0.6) is 0 Å². The van der Waals surface area contributed by atoms with E-state index in [1.807, 2.05) is 5.57 Å². The van der Waals surface area contributed by atoms with Gasteiger partial charge in [-0.05, 0) is 93.3 Å². The summed E-state index contributed by atoms with van der Waals surface area (Å²) < 4.78 is 0. The summed E-state index contributed by atoms with van der Waals surface area (Å²) in [5.74, 6) is 5.18. The van der Waals surface area contributed by atoms with Gasteiger partial charge in [0.15, 0.2) is 0 Å². The highest BCUT2D eigenvalue weighted by Gasteiger charge is 2.53. The van der Waals surface area contributed by atoms with Gasteiger partial charge in [-0.25, -0.2) is 0 Å². The summed E-state index contributed by atoms with van der Waals surface area (Å²) in [6.45, 7) is 7.61. The minimum absolute atomic E-state index is 0.706. The molecule has 6 atom stereocenters. The Morgan fingerprint density at radius 1 is 1.00 bits per heavy atom. The molecule has 0 heteroatoms. The number of hydrogen-bond acceptors (Lipinski definition) is 0. The molecule has 0 amide bonds. The van der Waals surface area contributed by atoms with Crippen molar-refractivity contribution in [3.8, 4) is 0 Å². The minimum Gasteiger partial charge on any atom is -0.0738 e. The Bertz CT molecular complexity index is 431. The van der Waals surface area contributed by atoms with Crippen LogP contribution in [-0.2, 0) is 0 Å². The second-order valence-corrected chi connectivity index (χ2v) is 8.92. The standard InChI is InChI=1S/C20H32/c1-13-10-11-20(3)15(12-13)5-7-18-17-6-4-14(2)16(17)8-9-19(18)20/h13,15,17-19H,4-12H2,1-3H3/t13-,15+,17-,18+,19+,20+/m0/s1. The molecule has 0 spiro atoms. The third kappa shape index (κ3) is 1.79. The number of allylic oxidation sites excluding steroid dienone is 2. The van der Waals surface area contributed by atoms with E-state index in [0.29, 0.717) is 5.41 Å². The van der Waals surface area contributed by atoms with Gasteiger partial charge in [-0.1, -0.05) is 31.4 Å². The van der Waals surface area contributed by atoms with Crippen LogP contribution in [0.3, 0.4) is 0 Å². The van der Waals surface area contributed by atoms with Crippen molar-refractivity contribution in [3.63, 3.8) is 0 Å². The molecule has 4 aliphatic rings. The maximum atomic E-state index is 2.69. The molecule has 0 aromatic carbocycles. The summed E-state index contributed by atoms with van der Waals surface area (Å²) in [5.41, 5.74) is 4.40. The summed E-state index contributed by atoms with van der Waals surface area (Å²) in [5, 5.41) is 0. The maximum absolute atomic E-state index is 2.69. The fourth-order valence-electron chi connectivity index (χ4n) is 6.88. The van der Waals surface area contributed by atoms with Gasteiger partial charge in [0.25, 0.3) is 0 Å². The van der Waals surface area contributed by atoms with Crippen LogP contribution >= 0.6 is 0 Å². The van der Waals surface area contributed by atoms with Crippen molar-refractivity contribution in [2.75, 3.05) is 0 Å². The fraction of sp³-hybridized carbons (Fsp3) is 0.900. The molecule has 4 aliphatic carbocycles. The molecule has 4 rings (SSSR count). The topological polar surface area (TPSA) is 0 Å². The number of hydrogen-bond donors (Lipinski definition) is 0. The van der Waals surface area contributed by atoms with Crippen LogP contribution in [0.2, 0.25) is 0 Å². The molecule has 0 saturated heterocycles. The third-order valence-electron chi connectivity index (χ3n) is 8.08. The molecule has 0 unspecified atom stereocenters. The molecule has 0 N–H and O–H groups in total. The van der Waals surface area contributed by atoms with Crippen LogP contribution < -0.4 is 0 Å². The normalized spacial score (nSPS) is 51.5. The molecule has 112 valence electrons. The van der Waals surface area contributed by atoms with Gasteiger partial charge in [-0.15, -0.1) is 0 Å². The predicted molar refractivity (Wildman–Crippen MR) is 85.5 cm³/mol. The lowest BCUT2D eigenvalue weighted by Gasteiger charge is -2.58. The van der Waals surface area contributed by atoms with Crippen molar-refractivity contribution in [1.29, 1.82) is 0 Å². The van der Waals surface area contributed by atoms with Gasteiger partial charge in [0, 0.05) is 0 Å². The molecule has 3 saturated carbocycles. The van der Waals surface area contributed by atoms with E-state index in [1.165, 1.54) is 44.9 Å². The first-order valence-corrected chi connectivity index (χ1v) is 9.28. The first-order chi connectivity index (χ1) is 9.59. The van der Waals surface area contributed by atoms with Gasteiger partial charge in [-0.3, -0.25) is 0 Å². The maximum Gasteiger partial charge on any atom is -0.0166 e. The number of rotatable bonds is 0. The van der Waals surface area contributed by atoms with Gasteiger partial charge in [0.1, 0.15) is 0 Å². The summed E-state index contributed by atoms with van der Waals surface area (Å²) in [6.07, 6.45) is 13.6. The summed E-state index contributed by atoms with van der Waals surface area (Å²) in [7, 11) is 0. The highest BCUT2D eigenvalue weighted by Crippen LogP contribution is 2.63. The Morgan fingerprint density at radius 2 is 1.85 bits per heavy atom. The van der Waals surface area contributed by atoms with E-state index in [2.05, 4.69) is 20.8 Å².